The van der Waals surface area contributed by atoms with Crippen molar-refractivity contribution >= 4 is 33.9 Å². The third-order valence-corrected chi connectivity index (χ3v) is 5.66. The number of rotatable bonds is 6. The molecule has 2 aromatic carbocycles. The van der Waals surface area contributed by atoms with Gasteiger partial charge in [0, 0.05) is 38.3 Å². The zero-order chi connectivity index (χ0) is 22.8. The van der Waals surface area contributed by atoms with Crippen LogP contribution in [0.1, 0.15) is 11.1 Å². The van der Waals surface area contributed by atoms with Crippen LogP contribution in [0.2, 0.25) is 0 Å². The zero-order valence-corrected chi connectivity index (χ0v) is 18.5. The van der Waals surface area contributed by atoms with E-state index >= 15 is 0 Å². The first kappa shape index (κ1) is 20.6. The molecule has 2 amide bonds. The van der Waals surface area contributed by atoms with Crippen LogP contribution in [0.15, 0.2) is 67.0 Å². The summed E-state index contributed by atoms with van der Waals surface area (Å²) in [5.41, 5.74) is 6.73. The number of imidazole rings is 1. The van der Waals surface area contributed by atoms with Gasteiger partial charge < -0.3 is 25.5 Å². The van der Waals surface area contributed by atoms with E-state index in [1.165, 1.54) is 0 Å². The van der Waals surface area contributed by atoms with Gasteiger partial charge in [-0.2, -0.15) is 0 Å². The predicted molar refractivity (Wildman–Crippen MR) is 131 cm³/mol. The van der Waals surface area contributed by atoms with E-state index in [4.69, 9.17) is 4.98 Å². The monoisotopic (exact) mass is 439 g/mol. The highest BCUT2D eigenvalue weighted by atomic mass is 16.2. The maximum Gasteiger partial charge on any atom is 0.315 e. The van der Waals surface area contributed by atoms with Gasteiger partial charge in [0.05, 0.1) is 11.8 Å². The standard InChI is InChI=1S/C25H25N7O/c1-26-24-21-22(32(2)15-29-21)19-12-20(30-23(19)31-24)18-10-6-9-17(11-18)14-28-25(33)27-13-16-7-4-3-5-8-16/h3-12,15H,13-14H2,1-2H3,(H2,26,30,31)(H2,27,28,33). The molecule has 0 saturated heterocycles. The number of nitrogens with zero attached hydrogens (tertiary/aromatic N) is 3. The Morgan fingerprint density at radius 1 is 1.00 bits per heavy atom. The molecule has 4 N–H and O–H groups in total. The van der Waals surface area contributed by atoms with Crippen LogP contribution in [-0.2, 0) is 20.1 Å². The van der Waals surface area contributed by atoms with E-state index < -0.39 is 0 Å². The molecule has 0 unspecified atom stereocenters. The summed E-state index contributed by atoms with van der Waals surface area (Å²) in [4.78, 5) is 24.8. The summed E-state index contributed by atoms with van der Waals surface area (Å²) >= 11 is 0. The Morgan fingerprint density at radius 2 is 1.76 bits per heavy atom. The summed E-state index contributed by atoms with van der Waals surface area (Å²) in [6.45, 7) is 0.925. The van der Waals surface area contributed by atoms with Crippen molar-refractivity contribution in [3.63, 3.8) is 0 Å². The number of H-pyrrole nitrogens is 1. The van der Waals surface area contributed by atoms with E-state index in [0.29, 0.717) is 13.1 Å². The minimum atomic E-state index is -0.197. The lowest BCUT2D eigenvalue weighted by molar-refractivity contribution is 0.240. The van der Waals surface area contributed by atoms with E-state index in [0.717, 1.165) is 50.3 Å². The van der Waals surface area contributed by atoms with Crippen molar-refractivity contribution < 1.29 is 4.79 Å². The smallest absolute Gasteiger partial charge is 0.315 e. The molecule has 0 fully saturated rings. The van der Waals surface area contributed by atoms with Crippen molar-refractivity contribution in [3.8, 4) is 11.3 Å². The van der Waals surface area contributed by atoms with Gasteiger partial charge in [0.2, 0.25) is 0 Å². The Labute approximate surface area is 191 Å². The van der Waals surface area contributed by atoms with Gasteiger partial charge in [0.1, 0.15) is 11.2 Å². The molecule has 33 heavy (non-hydrogen) atoms. The molecule has 0 aliphatic carbocycles. The Bertz CT molecular complexity index is 1440. The zero-order valence-electron chi connectivity index (χ0n) is 18.5. The minimum Gasteiger partial charge on any atom is -0.371 e. The predicted octanol–water partition coefficient (Wildman–Crippen LogP) is 4.16. The molecule has 0 radical (unpaired) electrons. The number of urea groups is 1. The highest BCUT2D eigenvalue weighted by Gasteiger charge is 2.15. The number of pyridine rings is 1. The number of aromatic nitrogens is 4. The lowest BCUT2D eigenvalue weighted by Crippen LogP contribution is -2.34. The fourth-order valence-corrected chi connectivity index (χ4v) is 4.00. The number of benzene rings is 2. The molecule has 0 atom stereocenters. The summed E-state index contributed by atoms with van der Waals surface area (Å²) in [6, 6.07) is 19.9. The normalized spacial score (nSPS) is 11.1. The van der Waals surface area contributed by atoms with Gasteiger partial charge in [0.25, 0.3) is 0 Å². The number of aromatic amines is 1. The second-order valence-electron chi connectivity index (χ2n) is 7.93. The number of carbonyl (C=O) groups is 1. The van der Waals surface area contributed by atoms with Crippen LogP contribution in [0.4, 0.5) is 10.6 Å². The van der Waals surface area contributed by atoms with Gasteiger partial charge in [-0.05, 0) is 28.8 Å². The quantitative estimate of drug-likeness (QED) is 0.319. The summed E-state index contributed by atoms with van der Waals surface area (Å²) < 4.78 is 2.01. The van der Waals surface area contributed by atoms with E-state index in [1.807, 2.05) is 67.2 Å². The van der Waals surface area contributed by atoms with Gasteiger partial charge in [-0.1, -0.05) is 48.5 Å². The Morgan fingerprint density at radius 3 is 2.55 bits per heavy atom. The van der Waals surface area contributed by atoms with Gasteiger partial charge in [0.15, 0.2) is 5.82 Å². The molecule has 3 heterocycles. The first-order valence-corrected chi connectivity index (χ1v) is 10.8. The van der Waals surface area contributed by atoms with Crippen LogP contribution in [0.5, 0.6) is 0 Å². The summed E-state index contributed by atoms with van der Waals surface area (Å²) in [6.07, 6.45) is 1.80. The molecule has 0 bridgehead atoms. The van der Waals surface area contributed by atoms with Crippen LogP contribution in [0, 0.1) is 0 Å². The van der Waals surface area contributed by atoms with Crippen molar-refractivity contribution in [2.24, 2.45) is 7.05 Å². The summed E-state index contributed by atoms with van der Waals surface area (Å²) in [5.74, 6) is 0.742. The molecule has 5 aromatic rings. The number of hydrogen-bond donors (Lipinski definition) is 4. The van der Waals surface area contributed by atoms with Gasteiger partial charge in [-0.25, -0.2) is 14.8 Å². The van der Waals surface area contributed by atoms with Gasteiger partial charge >= 0.3 is 6.03 Å². The highest BCUT2D eigenvalue weighted by Crippen LogP contribution is 2.31. The molecule has 8 heteroatoms. The average Bonchev–Trinajstić information content (AvgIpc) is 3.45. The molecular formula is C25H25N7O. The van der Waals surface area contributed by atoms with Crippen LogP contribution >= 0.6 is 0 Å². The molecule has 8 nitrogen and oxygen atoms in total. The first-order chi connectivity index (χ1) is 16.1. The Hall–Kier alpha value is -4.33. The molecule has 0 spiro atoms. The third kappa shape index (κ3) is 4.10. The topological polar surface area (TPSA) is 99.7 Å². The van der Waals surface area contributed by atoms with E-state index in [-0.39, 0.29) is 6.03 Å². The van der Waals surface area contributed by atoms with Crippen molar-refractivity contribution in [3.05, 3.63) is 78.1 Å². The third-order valence-electron chi connectivity index (χ3n) is 5.66. The van der Waals surface area contributed by atoms with Crippen LogP contribution < -0.4 is 16.0 Å². The number of carbonyl (C=O) groups excluding carboxylic acids is 1. The second kappa shape index (κ2) is 8.66. The molecule has 0 aliphatic rings. The first-order valence-electron chi connectivity index (χ1n) is 10.8. The minimum absolute atomic E-state index is 0.197. The highest BCUT2D eigenvalue weighted by molar-refractivity contribution is 6.07. The van der Waals surface area contributed by atoms with Gasteiger partial charge in [-0.3, -0.25) is 0 Å². The number of hydrogen-bond acceptors (Lipinski definition) is 4. The Kier molecular flexibility index (Phi) is 5.40. The van der Waals surface area contributed by atoms with Crippen molar-refractivity contribution in [2.45, 2.75) is 13.1 Å². The summed E-state index contributed by atoms with van der Waals surface area (Å²) in [5, 5.41) is 9.96. The lowest BCUT2D eigenvalue weighted by atomic mass is 10.1. The number of aryl methyl sites for hydroxylation is 1. The molecule has 3 aromatic heterocycles. The number of anilines is 1. The SMILES string of the molecule is CNc1nc2[nH]c(-c3cccc(CNC(=O)NCc4ccccc4)c3)cc2c2c1ncn2C. The molecular weight excluding hydrogens is 414 g/mol. The Balaban J connectivity index is 1.34. The van der Waals surface area contributed by atoms with Gasteiger partial charge in [-0.15, -0.1) is 0 Å². The molecule has 0 saturated carbocycles. The fourth-order valence-electron chi connectivity index (χ4n) is 4.00. The van der Waals surface area contributed by atoms with Crippen LogP contribution in [0.3, 0.4) is 0 Å². The van der Waals surface area contributed by atoms with Crippen LogP contribution in [0.25, 0.3) is 33.3 Å². The molecule has 5 rings (SSSR count). The number of amides is 2. The maximum atomic E-state index is 12.2. The maximum absolute atomic E-state index is 12.2. The van der Waals surface area contributed by atoms with Crippen molar-refractivity contribution in [1.82, 2.24) is 30.2 Å². The molecule has 0 aliphatic heterocycles. The fraction of sp³-hybridized carbons (Fsp3) is 0.160. The average molecular weight is 440 g/mol. The van der Waals surface area contributed by atoms with Crippen molar-refractivity contribution in [2.75, 3.05) is 12.4 Å². The number of nitrogens with one attached hydrogen (secondary N) is 4. The van der Waals surface area contributed by atoms with E-state index in [2.05, 4.69) is 38.1 Å². The number of fused-ring (bicyclic) bond motifs is 3. The summed E-state index contributed by atoms with van der Waals surface area (Å²) in [7, 11) is 3.83. The van der Waals surface area contributed by atoms with Crippen LogP contribution in [-0.4, -0.2) is 32.6 Å². The largest absolute Gasteiger partial charge is 0.371 e. The second-order valence-corrected chi connectivity index (χ2v) is 7.93. The van der Waals surface area contributed by atoms with E-state index in [9.17, 15) is 4.79 Å². The van der Waals surface area contributed by atoms with Crippen molar-refractivity contribution in [1.29, 1.82) is 0 Å². The lowest BCUT2D eigenvalue weighted by Gasteiger charge is -2.09. The van der Waals surface area contributed by atoms with E-state index in [1.54, 1.807) is 6.33 Å². The molecule has 166 valence electrons.